The van der Waals surface area contributed by atoms with E-state index in [0.717, 1.165) is 27.2 Å². The van der Waals surface area contributed by atoms with E-state index in [0.29, 0.717) is 5.56 Å². The molecule has 0 atom stereocenters. The number of carbonyl (C=O) groups is 1. The van der Waals surface area contributed by atoms with Crippen molar-refractivity contribution in [2.75, 3.05) is 0 Å². The molecule has 4 rings (SSSR count). The van der Waals surface area contributed by atoms with E-state index >= 15 is 0 Å². The fourth-order valence-electron chi connectivity index (χ4n) is 2.48. The van der Waals surface area contributed by atoms with E-state index in [2.05, 4.69) is 4.98 Å². The lowest BCUT2D eigenvalue weighted by molar-refractivity contribution is 0.104. The van der Waals surface area contributed by atoms with Crippen LogP contribution >= 0.6 is 11.3 Å². The molecule has 0 saturated heterocycles. The molecule has 0 N–H and O–H groups in total. The van der Waals surface area contributed by atoms with Crippen molar-refractivity contribution in [3.05, 3.63) is 83.6 Å². The molecule has 4 aromatic rings. The number of hydrogen-bond donors (Lipinski definition) is 0. The first-order valence-electron chi connectivity index (χ1n) is 7.50. The summed E-state index contributed by atoms with van der Waals surface area (Å²) in [5.74, 6) is 0.703. The first-order chi connectivity index (χ1) is 11.8. The maximum Gasteiger partial charge on any atom is 0.185 e. The van der Waals surface area contributed by atoms with Crippen LogP contribution in [0.1, 0.15) is 16.1 Å². The minimum Gasteiger partial charge on any atom is -0.462 e. The summed E-state index contributed by atoms with van der Waals surface area (Å²) in [5.41, 5.74) is 1.42. The van der Waals surface area contributed by atoms with Gasteiger partial charge >= 0.3 is 0 Å². The molecule has 0 spiro atoms. The lowest BCUT2D eigenvalue weighted by Crippen LogP contribution is -1.93. The van der Waals surface area contributed by atoms with Crippen LogP contribution in [-0.4, -0.2) is 10.8 Å². The van der Waals surface area contributed by atoms with E-state index in [4.69, 9.17) is 4.42 Å². The van der Waals surface area contributed by atoms with Crippen LogP contribution in [0, 0.1) is 0 Å². The molecule has 24 heavy (non-hydrogen) atoms. The highest BCUT2D eigenvalue weighted by Crippen LogP contribution is 2.24. The Morgan fingerprint density at radius 3 is 2.75 bits per heavy atom. The first kappa shape index (κ1) is 14.6. The summed E-state index contributed by atoms with van der Waals surface area (Å²) in [6, 6.07) is 17.4. The largest absolute Gasteiger partial charge is 0.462 e. The van der Waals surface area contributed by atoms with Gasteiger partial charge in [-0.05, 0) is 41.1 Å². The number of benzene rings is 2. The van der Waals surface area contributed by atoms with Crippen LogP contribution in [0.5, 0.6) is 0 Å². The number of thiazole rings is 1. The van der Waals surface area contributed by atoms with Gasteiger partial charge in [-0.1, -0.05) is 36.4 Å². The molecular formula is C20H13NO2S. The molecule has 0 aliphatic carbocycles. The second-order valence-electron chi connectivity index (χ2n) is 5.31. The van der Waals surface area contributed by atoms with Crippen LogP contribution in [0.15, 0.2) is 76.7 Å². The van der Waals surface area contributed by atoms with Crippen molar-refractivity contribution in [1.29, 1.82) is 0 Å². The quantitative estimate of drug-likeness (QED) is 0.369. The van der Waals surface area contributed by atoms with Gasteiger partial charge in [-0.15, -0.1) is 11.3 Å². The SMILES string of the molecule is O=C(/C=C/c1csc(-c2ccco2)n1)c1ccc2ccccc2c1. The third-order valence-electron chi connectivity index (χ3n) is 3.69. The number of allylic oxidation sites excluding steroid dienone is 1. The molecule has 0 saturated carbocycles. The summed E-state index contributed by atoms with van der Waals surface area (Å²) in [7, 11) is 0. The van der Waals surface area contributed by atoms with E-state index in [9.17, 15) is 4.79 Å². The van der Waals surface area contributed by atoms with E-state index in [1.54, 1.807) is 18.4 Å². The van der Waals surface area contributed by atoms with Crippen LogP contribution in [0.3, 0.4) is 0 Å². The van der Waals surface area contributed by atoms with Gasteiger partial charge in [0.15, 0.2) is 16.6 Å². The van der Waals surface area contributed by atoms with Gasteiger partial charge in [0.05, 0.1) is 12.0 Å². The Kier molecular flexibility index (Phi) is 3.81. The normalized spacial score (nSPS) is 11.3. The number of rotatable bonds is 4. The van der Waals surface area contributed by atoms with Crippen molar-refractivity contribution in [1.82, 2.24) is 4.98 Å². The van der Waals surface area contributed by atoms with Crippen molar-refractivity contribution >= 4 is 34.0 Å². The summed E-state index contributed by atoms with van der Waals surface area (Å²) in [5, 5.41) is 4.89. The third kappa shape index (κ3) is 2.92. The summed E-state index contributed by atoms with van der Waals surface area (Å²) in [4.78, 5) is 16.8. The van der Waals surface area contributed by atoms with E-state index in [-0.39, 0.29) is 5.78 Å². The Labute approximate surface area is 142 Å². The van der Waals surface area contributed by atoms with Crippen LogP contribution < -0.4 is 0 Å². The minimum atomic E-state index is -0.0340. The molecular weight excluding hydrogens is 318 g/mol. The predicted octanol–water partition coefficient (Wildman–Crippen LogP) is 5.45. The zero-order valence-electron chi connectivity index (χ0n) is 12.7. The molecule has 0 amide bonds. The summed E-state index contributed by atoms with van der Waals surface area (Å²) in [6.45, 7) is 0. The second-order valence-corrected chi connectivity index (χ2v) is 6.17. The molecule has 0 unspecified atom stereocenters. The van der Waals surface area contributed by atoms with E-state index in [1.807, 2.05) is 60.0 Å². The van der Waals surface area contributed by atoms with Crippen LogP contribution in [0.2, 0.25) is 0 Å². The summed E-state index contributed by atoms with van der Waals surface area (Å²) in [6.07, 6.45) is 4.92. The molecule has 2 heterocycles. The summed E-state index contributed by atoms with van der Waals surface area (Å²) < 4.78 is 5.33. The zero-order valence-corrected chi connectivity index (χ0v) is 13.5. The molecule has 116 valence electrons. The molecule has 4 heteroatoms. The number of carbonyl (C=O) groups excluding carboxylic acids is 1. The highest BCUT2D eigenvalue weighted by molar-refractivity contribution is 7.13. The molecule has 2 aromatic heterocycles. The smallest absolute Gasteiger partial charge is 0.185 e. The molecule has 0 aliphatic heterocycles. The first-order valence-corrected chi connectivity index (χ1v) is 8.38. The molecule has 0 aliphatic rings. The molecule has 3 nitrogen and oxygen atoms in total. The Bertz CT molecular complexity index is 1030. The number of nitrogens with zero attached hydrogens (tertiary/aromatic N) is 1. The predicted molar refractivity (Wildman–Crippen MR) is 97.1 cm³/mol. The maximum absolute atomic E-state index is 12.4. The van der Waals surface area contributed by atoms with E-state index < -0.39 is 0 Å². The Morgan fingerprint density at radius 2 is 1.92 bits per heavy atom. The Morgan fingerprint density at radius 1 is 1.04 bits per heavy atom. The third-order valence-corrected chi connectivity index (χ3v) is 4.57. The Balaban J connectivity index is 1.55. The second kappa shape index (κ2) is 6.26. The standard InChI is InChI=1S/C20H13NO2S/c22-18(16-8-7-14-4-1-2-5-15(14)12-16)10-9-17-13-24-20(21-17)19-6-3-11-23-19/h1-13H/b10-9+. The van der Waals surface area contributed by atoms with Gasteiger partial charge in [-0.2, -0.15) is 0 Å². The van der Waals surface area contributed by atoms with Gasteiger partial charge in [0.2, 0.25) is 0 Å². The van der Waals surface area contributed by atoms with Gasteiger partial charge in [0.25, 0.3) is 0 Å². The lowest BCUT2D eigenvalue weighted by atomic mass is 10.0. The lowest BCUT2D eigenvalue weighted by Gasteiger charge is -2.00. The minimum absolute atomic E-state index is 0.0340. The average Bonchev–Trinajstić information content (AvgIpc) is 3.30. The number of aromatic nitrogens is 1. The van der Waals surface area contributed by atoms with Crippen LogP contribution in [-0.2, 0) is 0 Å². The number of ketones is 1. The maximum atomic E-state index is 12.4. The Hall–Kier alpha value is -2.98. The molecule has 0 fully saturated rings. The number of fused-ring (bicyclic) bond motifs is 1. The fraction of sp³-hybridized carbons (Fsp3) is 0. The van der Waals surface area contributed by atoms with Gasteiger partial charge in [0.1, 0.15) is 0 Å². The van der Waals surface area contributed by atoms with Crippen LogP contribution in [0.25, 0.3) is 27.6 Å². The highest BCUT2D eigenvalue weighted by atomic mass is 32.1. The highest BCUT2D eigenvalue weighted by Gasteiger charge is 2.06. The van der Waals surface area contributed by atoms with Gasteiger partial charge in [-0.3, -0.25) is 4.79 Å². The van der Waals surface area contributed by atoms with Crippen molar-refractivity contribution in [3.63, 3.8) is 0 Å². The number of furan rings is 1. The topological polar surface area (TPSA) is 43.1 Å². The van der Waals surface area contributed by atoms with Crippen molar-refractivity contribution < 1.29 is 9.21 Å². The van der Waals surface area contributed by atoms with Crippen molar-refractivity contribution in [3.8, 4) is 10.8 Å². The van der Waals surface area contributed by atoms with Crippen molar-refractivity contribution in [2.45, 2.75) is 0 Å². The van der Waals surface area contributed by atoms with Gasteiger partial charge < -0.3 is 4.42 Å². The monoisotopic (exact) mass is 331 g/mol. The van der Waals surface area contributed by atoms with Crippen LogP contribution in [0.4, 0.5) is 0 Å². The number of hydrogen-bond acceptors (Lipinski definition) is 4. The van der Waals surface area contributed by atoms with Gasteiger partial charge in [-0.25, -0.2) is 4.98 Å². The van der Waals surface area contributed by atoms with Gasteiger partial charge in [0, 0.05) is 10.9 Å². The summed E-state index contributed by atoms with van der Waals surface area (Å²) >= 11 is 1.49. The fourth-order valence-corrected chi connectivity index (χ4v) is 3.23. The van der Waals surface area contributed by atoms with Crippen molar-refractivity contribution in [2.24, 2.45) is 0 Å². The van der Waals surface area contributed by atoms with E-state index in [1.165, 1.54) is 11.3 Å². The molecule has 2 aromatic carbocycles. The average molecular weight is 331 g/mol. The molecule has 0 bridgehead atoms. The zero-order chi connectivity index (χ0) is 16.4. The molecule has 0 radical (unpaired) electrons.